The van der Waals surface area contributed by atoms with Gasteiger partial charge in [-0.25, -0.2) is 8.78 Å². The Morgan fingerprint density at radius 1 is 1.53 bits per heavy atom. The normalized spacial score (nSPS) is 10.1. The Bertz CT molecular complexity index is 451. The largest absolute Gasteiger partial charge is 0.294 e. The fourth-order valence-electron chi connectivity index (χ4n) is 1.14. The maximum Gasteiger partial charge on any atom is 0.264 e. The SMILES string of the molecule is CC(=O)c1cc(I)c(C(F)F)cc1C#N. The zero-order chi connectivity index (χ0) is 11.6. The highest BCUT2D eigenvalue weighted by Gasteiger charge is 2.16. The van der Waals surface area contributed by atoms with E-state index < -0.39 is 6.43 Å². The van der Waals surface area contributed by atoms with Crippen molar-refractivity contribution < 1.29 is 13.6 Å². The molecule has 2 nitrogen and oxygen atoms in total. The minimum Gasteiger partial charge on any atom is -0.294 e. The lowest BCUT2D eigenvalue weighted by Gasteiger charge is -2.06. The molecule has 0 aliphatic rings. The second-order valence-electron chi connectivity index (χ2n) is 2.89. The Hall–Kier alpha value is -1.03. The summed E-state index contributed by atoms with van der Waals surface area (Å²) in [4.78, 5) is 11.1. The lowest BCUT2D eigenvalue weighted by Crippen LogP contribution is -2.01. The number of Topliss-reactive ketones (excluding diaryl/α,β-unsaturated/α-hetero) is 1. The van der Waals surface area contributed by atoms with Crippen LogP contribution in [0.15, 0.2) is 12.1 Å². The number of nitrogens with zero attached hydrogens (tertiary/aromatic N) is 1. The smallest absolute Gasteiger partial charge is 0.264 e. The van der Waals surface area contributed by atoms with Crippen molar-refractivity contribution in [3.8, 4) is 6.07 Å². The fourth-order valence-corrected chi connectivity index (χ4v) is 1.84. The fraction of sp³-hybridized carbons (Fsp3) is 0.200. The zero-order valence-electron chi connectivity index (χ0n) is 7.72. The van der Waals surface area contributed by atoms with Crippen LogP contribution >= 0.6 is 22.6 Å². The molecule has 0 radical (unpaired) electrons. The van der Waals surface area contributed by atoms with Crippen molar-refractivity contribution in [3.05, 3.63) is 32.4 Å². The van der Waals surface area contributed by atoms with E-state index in [-0.39, 0.29) is 22.5 Å². The molecule has 0 heterocycles. The maximum atomic E-state index is 12.5. The van der Waals surface area contributed by atoms with Gasteiger partial charge >= 0.3 is 0 Å². The lowest BCUT2D eigenvalue weighted by molar-refractivity contribution is 0.101. The summed E-state index contributed by atoms with van der Waals surface area (Å²) >= 11 is 1.73. The van der Waals surface area contributed by atoms with Gasteiger partial charge in [0.2, 0.25) is 0 Å². The number of halogens is 3. The highest BCUT2D eigenvalue weighted by molar-refractivity contribution is 14.1. The molecule has 0 amide bonds. The van der Waals surface area contributed by atoms with E-state index in [0.29, 0.717) is 3.57 Å². The number of alkyl halides is 2. The third kappa shape index (κ3) is 2.50. The van der Waals surface area contributed by atoms with Crippen molar-refractivity contribution in [1.29, 1.82) is 5.26 Å². The molecule has 1 rings (SSSR count). The molecule has 15 heavy (non-hydrogen) atoms. The summed E-state index contributed by atoms with van der Waals surface area (Å²) in [6.07, 6.45) is -2.63. The van der Waals surface area contributed by atoms with E-state index in [4.69, 9.17) is 5.26 Å². The molecule has 0 spiro atoms. The van der Waals surface area contributed by atoms with Crippen LogP contribution in [0.3, 0.4) is 0 Å². The molecule has 0 aliphatic heterocycles. The van der Waals surface area contributed by atoms with Gasteiger partial charge in [-0.15, -0.1) is 0 Å². The first-order valence-corrected chi connectivity index (χ1v) is 5.08. The van der Waals surface area contributed by atoms with Crippen LogP contribution in [0.25, 0.3) is 0 Å². The summed E-state index contributed by atoms with van der Waals surface area (Å²) in [6.45, 7) is 1.30. The van der Waals surface area contributed by atoms with Gasteiger partial charge in [-0.05, 0) is 41.6 Å². The Kier molecular flexibility index (Phi) is 3.74. The van der Waals surface area contributed by atoms with Gasteiger partial charge in [-0.3, -0.25) is 4.79 Å². The Morgan fingerprint density at radius 2 is 2.13 bits per heavy atom. The summed E-state index contributed by atoms with van der Waals surface area (Å²) in [7, 11) is 0. The molecular weight excluding hydrogens is 315 g/mol. The first-order chi connectivity index (χ1) is 6.97. The first-order valence-electron chi connectivity index (χ1n) is 4.00. The second-order valence-corrected chi connectivity index (χ2v) is 4.05. The van der Waals surface area contributed by atoms with Crippen molar-refractivity contribution in [2.24, 2.45) is 0 Å². The molecule has 0 N–H and O–H groups in total. The highest BCUT2D eigenvalue weighted by atomic mass is 127. The van der Waals surface area contributed by atoms with E-state index in [1.165, 1.54) is 13.0 Å². The number of carbonyl (C=O) groups is 1. The van der Waals surface area contributed by atoms with Crippen LogP contribution in [0.5, 0.6) is 0 Å². The number of nitriles is 1. The number of hydrogen-bond donors (Lipinski definition) is 0. The zero-order valence-corrected chi connectivity index (χ0v) is 9.88. The van der Waals surface area contributed by atoms with Gasteiger partial charge in [0.15, 0.2) is 5.78 Å². The molecule has 0 atom stereocenters. The number of rotatable bonds is 2. The minimum absolute atomic E-state index is 0.00165. The molecule has 0 aromatic heterocycles. The van der Waals surface area contributed by atoms with Crippen molar-refractivity contribution in [1.82, 2.24) is 0 Å². The quantitative estimate of drug-likeness (QED) is 0.619. The standard InChI is InChI=1S/C10H6F2INO/c1-5(15)7-3-9(13)8(10(11)12)2-6(7)4-14/h2-3,10H,1H3. The molecule has 78 valence electrons. The van der Waals surface area contributed by atoms with E-state index in [1.54, 1.807) is 28.7 Å². The third-order valence-corrected chi connectivity index (χ3v) is 2.81. The van der Waals surface area contributed by atoms with Crippen molar-refractivity contribution in [2.75, 3.05) is 0 Å². The van der Waals surface area contributed by atoms with E-state index >= 15 is 0 Å². The summed E-state index contributed by atoms with van der Waals surface area (Å²) < 4.78 is 25.3. The van der Waals surface area contributed by atoms with Crippen LogP contribution in [-0.4, -0.2) is 5.78 Å². The van der Waals surface area contributed by atoms with Crippen molar-refractivity contribution in [2.45, 2.75) is 13.3 Å². The number of ketones is 1. The van der Waals surface area contributed by atoms with Gasteiger partial charge in [-0.1, -0.05) is 0 Å². The topological polar surface area (TPSA) is 40.9 Å². The van der Waals surface area contributed by atoms with Crippen LogP contribution in [0, 0.1) is 14.9 Å². The molecule has 0 aliphatic carbocycles. The van der Waals surface area contributed by atoms with Crippen LogP contribution in [-0.2, 0) is 0 Å². The Labute approximate surface area is 99.0 Å². The molecule has 0 bridgehead atoms. The Morgan fingerprint density at radius 3 is 2.53 bits per heavy atom. The lowest BCUT2D eigenvalue weighted by atomic mass is 10.0. The maximum absolute atomic E-state index is 12.5. The highest BCUT2D eigenvalue weighted by Crippen LogP contribution is 2.27. The molecule has 1 aromatic carbocycles. The number of carbonyl (C=O) groups excluding carboxylic acids is 1. The van der Waals surface area contributed by atoms with E-state index in [0.717, 1.165) is 6.07 Å². The van der Waals surface area contributed by atoms with Crippen LogP contribution in [0.1, 0.15) is 34.8 Å². The van der Waals surface area contributed by atoms with Gasteiger partial charge < -0.3 is 0 Å². The van der Waals surface area contributed by atoms with Crippen LogP contribution < -0.4 is 0 Å². The van der Waals surface area contributed by atoms with E-state index in [2.05, 4.69) is 0 Å². The van der Waals surface area contributed by atoms with Crippen molar-refractivity contribution in [3.63, 3.8) is 0 Å². The van der Waals surface area contributed by atoms with Gasteiger partial charge in [0.25, 0.3) is 6.43 Å². The molecular formula is C10H6F2INO. The Balaban J connectivity index is 3.44. The summed E-state index contributed by atoms with van der Waals surface area (Å²) in [5.74, 6) is -0.301. The molecule has 0 unspecified atom stereocenters. The second kappa shape index (κ2) is 4.66. The van der Waals surface area contributed by atoms with Gasteiger partial charge in [-0.2, -0.15) is 5.26 Å². The third-order valence-electron chi connectivity index (χ3n) is 1.87. The molecule has 1 aromatic rings. The predicted molar refractivity (Wildman–Crippen MR) is 58.8 cm³/mol. The molecule has 5 heteroatoms. The molecule has 0 fully saturated rings. The first kappa shape index (κ1) is 12.0. The van der Waals surface area contributed by atoms with Crippen LogP contribution in [0.2, 0.25) is 0 Å². The predicted octanol–water partition coefficient (Wildman–Crippen LogP) is 3.30. The van der Waals surface area contributed by atoms with Crippen molar-refractivity contribution >= 4 is 28.4 Å². The molecule has 0 saturated carbocycles. The van der Waals surface area contributed by atoms with E-state index in [1.807, 2.05) is 0 Å². The molecule has 0 saturated heterocycles. The summed E-state index contributed by atoms with van der Waals surface area (Å²) in [5, 5.41) is 8.71. The van der Waals surface area contributed by atoms with Crippen LogP contribution in [0.4, 0.5) is 8.78 Å². The van der Waals surface area contributed by atoms with E-state index in [9.17, 15) is 13.6 Å². The van der Waals surface area contributed by atoms with Gasteiger partial charge in [0.05, 0.1) is 11.6 Å². The minimum atomic E-state index is -2.63. The number of hydrogen-bond acceptors (Lipinski definition) is 2. The number of benzene rings is 1. The monoisotopic (exact) mass is 321 g/mol. The average Bonchev–Trinajstić information content (AvgIpc) is 2.16. The van der Waals surface area contributed by atoms with Gasteiger partial charge in [0, 0.05) is 14.7 Å². The summed E-state index contributed by atoms with van der Waals surface area (Å²) in [6, 6.07) is 4.14. The average molecular weight is 321 g/mol. The summed E-state index contributed by atoms with van der Waals surface area (Å²) in [5.41, 5.74) is -0.0262. The van der Waals surface area contributed by atoms with Gasteiger partial charge in [0.1, 0.15) is 0 Å².